The predicted molar refractivity (Wildman–Crippen MR) is 77.5 cm³/mol. The Morgan fingerprint density at radius 1 is 1.39 bits per heavy atom. The van der Waals surface area contributed by atoms with Crippen LogP contribution >= 0.6 is 11.6 Å². The van der Waals surface area contributed by atoms with Gasteiger partial charge in [0.25, 0.3) is 0 Å². The lowest BCUT2D eigenvalue weighted by Gasteiger charge is -2.19. The van der Waals surface area contributed by atoms with Crippen LogP contribution in [0.3, 0.4) is 0 Å². The minimum absolute atomic E-state index is 0.527. The number of nitrogens with zero attached hydrogens (tertiary/aromatic N) is 1. The number of hydrogen-bond donors (Lipinski definition) is 1. The SMILES string of the molecule is COc1ccc(Cl)cc1CN(C)CCNC(C)C. The highest BCUT2D eigenvalue weighted by molar-refractivity contribution is 6.30. The van der Waals surface area contributed by atoms with Crippen LogP contribution in [0.5, 0.6) is 5.75 Å². The third kappa shape index (κ3) is 5.25. The van der Waals surface area contributed by atoms with Gasteiger partial charge in [-0.05, 0) is 25.2 Å². The summed E-state index contributed by atoms with van der Waals surface area (Å²) in [5.41, 5.74) is 1.12. The first kappa shape index (κ1) is 15.3. The van der Waals surface area contributed by atoms with Crippen molar-refractivity contribution in [2.75, 3.05) is 27.2 Å². The average molecular weight is 271 g/mol. The lowest BCUT2D eigenvalue weighted by molar-refractivity contribution is 0.312. The first-order chi connectivity index (χ1) is 8.52. The van der Waals surface area contributed by atoms with E-state index in [1.54, 1.807) is 7.11 Å². The number of hydrogen-bond acceptors (Lipinski definition) is 3. The molecule has 3 nitrogen and oxygen atoms in total. The molecule has 18 heavy (non-hydrogen) atoms. The number of methoxy groups -OCH3 is 1. The van der Waals surface area contributed by atoms with Crippen molar-refractivity contribution in [1.29, 1.82) is 0 Å². The van der Waals surface area contributed by atoms with Gasteiger partial charge in [-0.3, -0.25) is 0 Å². The molecule has 0 aliphatic rings. The fourth-order valence-electron chi connectivity index (χ4n) is 1.78. The second-order valence-corrected chi connectivity index (χ2v) is 5.24. The van der Waals surface area contributed by atoms with Crippen molar-refractivity contribution in [3.8, 4) is 5.75 Å². The van der Waals surface area contributed by atoms with Crippen LogP contribution in [0.25, 0.3) is 0 Å². The standard InChI is InChI=1S/C14H23ClN2O/c1-11(2)16-7-8-17(3)10-12-9-13(15)5-6-14(12)18-4/h5-6,9,11,16H,7-8,10H2,1-4H3. The van der Waals surface area contributed by atoms with Gasteiger partial charge in [-0.1, -0.05) is 25.4 Å². The zero-order valence-electron chi connectivity index (χ0n) is 11.7. The van der Waals surface area contributed by atoms with Crippen molar-refractivity contribution in [2.24, 2.45) is 0 Å². The summed E-state index contributed by atoms with van der Waals surface area (Å²) in [6, 6.07) is 6.26. The van der Waals surface area contributed by atoms with Crippen LogP contribution in [0.15, 0.2) is 18.2 Å². The van der Waals surface area contributed by atoms with Crippen molar-refractivity contribution in [1.82, 2.24) is 10.2 Å². The van der Waals surface area contributed by atoms with E-state index >= 15 is 0 Å². The summed E-state index contributed by atoms with van der Waals surface area (Å²) in [6.45, 7) is 7.12. The van der Waals surface area contributed by atoms with Gasteiger partial charge < -0.3 is 15.0 Å². The van der Waals surface area contributed by atoms with Gasteiger partial charge in [0.05, 0.1) is 7.11 Å². The maximum Gasteiger partial charge on any atom is 0.123 e. The summed E-state index contributed by atoms with van der Waals surface area (Å²) >= 11 is 6.02. The van der Waals surface area contributed by atoms with E-state index in [9.17, 15) is 0 Å². The van der Waals surface area contributed by atoms with Gasteiger partial charge in [-0.2, -0.15) is 0 Å². The third-order valence-electron chi connectivity index (χ3n) is 2.73. The molecule has 0 aromatic heterocycles. The van der Waals surface area contributed by atoms with Gasteiger partial charge in [0, 0.05) is 36.3 Å². The average Bonchev–Trinajstić information content (AvgIpc) is 2.28. The van der Waals surface area contributed by atoms with Crippen molar-refractivity contribution < 1.29 is 4.74 Å². The number of rotatable bonds is 7. The van der Waals surface area contributed by atoms with Gasteiger partial charge in [-0.25, -0.2) is 0 Å². The number of ether oxygens (including phenoxy) is 1. The highest BCUT2D eigenvalue weighted by Crippen LogP contribution is 2.23. The van der Waals surface area contributed by atoms with E-state index in [1.165, 1.54) is 0 Å². The van der Waals surface area contributed by atoms with Crippen LogP contribution in [-0.2, 0) is 6.54 Å². The second kappa shape index (κ2) is 7.62. The molecule has 1 N–H and O–H groups in total. The van der Waals surface area contributed by atoms with Crippen LogP contribution < -0.4 is 10.1 Å². The summed E-state index contributed by atoms with van der Waals surface area (Å²) in [7, 11) is 3.79. The molecule has 0 bridgehead atoms. The third-order valence-corrected chi connectivity index (χ3v) is 2.96. The molecule has 0 amide bonds. The molecule has 0 spiro atoms. The normalized spacial score (nSPS) is 11.3. The lowest BCUT2D eigenvalue weighted by Crippen LogP contribution is -2.32. The highest BCUT2D eigenvalue weighted by atomic mass is 35.5. The Labute approximate surface area is 115 Å². The quantitative estimate of drug-likeness (QED) is 0.825. The fourth-order valence-corrected chi connectivity index (χ4v) is 1.98. The Kier molecular flexibility index (Phi) is 6.47. The summed E-state index contributed by atoms with van der Waals surface area (Å²) in [5.74, 6) is 0.892. The molecule has 0 saturated carbocycles. The van der Waals surface area contributed by atoms with Gasteiger partial charge in [0.1, 0.15) is 5.75 Å². The summed E-state index contributed by atoms with van der Waals surface area (Å²) < 4.78 is 5.34. The zero-order valence-corrected chi connectivity index (χ0v) is 12.4. The molecule has 102 valence electrons. The van der Waals surface area contributed by atoms with Gasteiger partial charge >= 0.3 is 0 Å². The molecule has 0 fully saturated rings. The number of likely N-dealkylation sites (N-methyl/N-ethyl adjacent to an activating group) is 1. The Balaban J connectivity index is 2.52. The number of benzene rings is 1. The zero-order chi connectivity index (χ0) is 13.5. The van der Waals surface area contributed by atoms with Crippen molar-refractivity contribution in [2.45, 2.75) is 26.4 Å². The van der Waals surface area contributed by atoms with E-state index in [4.69, 9.17) is 16.3 Å². The maximum absolute atomic E-state index is 6.02. The molecule has 1 aromatic rings. The minimum Gasteiger partial charge on any atom is -0.496 e. The molecule has 0 aliphatic heterocycles. The first-order valence-corrected chi connectivity index (χ1v) is 6.65. The van der Waals surface area contributed by atoms with Crippen LogP contribution in [0.1, 0.15) is 19.4 Å². The molecule has 1 rings (SSSR count). The fraction of sp³-hybridized carbons (Fsp3) is 0.571. The predicted octanol–water partition coefficient (Wildman–Crippen LogP) is 2.78. The van der Waals surface area contributed by atoms with E-state index in [0.717, 1.165) is 36.0 Å². The monoisotopic (exact) mass is 270 g/mol. The molecule has 0 heterocycles. The molecule has 4 heteroatoms. The molecule has 0 radical (unpaired) electrons. The maximum atomic E-state index is 6.02. The Hall–Kier alpha value is -0.770. The molecule has 0 unspecified atom stereocenters. The topological polar surface area (TPSA) is 24.5 Å². The van der Waals surface area contributed by atoms with Gasteiger partial charge in [-0.15, -0.1) is 0 Å². The number of halogens is 1. The molecule has 0 aliphatic carbocycles. The Morgan fingerprint density at radius 3 is 2.72 bits per heavy atom. The Bertz CT molecular complexity index is 369. The van der Waals surface area contributed by atoms with Gasteiger partial charge in [0.15, 0.2) is 0 Å². The second-order valence-electron chi connectivity index (χ2n) is 4.80. The smallest absolute Gasteiger partial charge is 0.123 e. The highest BCUT2D eigenvalue weighted by Gasteiger charge is 2.07. The lowest BCUT2D eigenvalue weighted by atomic mass is 10.2. The molecular weight excluding hydrogens is 248 g/mol. The minimum atomic E-state index is 0.527. The molecule has 0 saturated heterocycles. The van der Waals surface area contributed by atoms with Crippen molar-refractivity contribution >= 4 is 11.6 Å². The molecular formula is C14H23ClN2O. The van der Waals surface area contributed by atoms with E-state index in [0.29, 0.717) is 6.04 Å². The number of nitrogens with one attached hydrogen (secondary N) is 1. The summed E-state index contributed by atoms with van der Waals surface area (Å²) in [6.07, 6.45) is 0. The van der Waals surface area contributed by atoms with E-state index in [2.05, 4.69) is 31.1 Å². The summed E-state index contributed by atoms with van der Waals surface area (Å²) in [4.78, 5) is 2.25. The van der Waals surface area contributed by atoms with Crippen molar-refractivity contribution in [3.05, 3.63) is 28.8 Å². The van der Waals surface area contributed by atoms with E-state index in [1.807, 2.05) is 18.2 Å². The van der Waals surface area contributed by atoms with Crippen LogP contribution in [0, 0.1) is 0 Å². The summed E-state index contributed by atoms with van der Waals surface area (Å²) in [5, 5.41) is 4.15. The van der Waals surface area contributed by atoms with Crippen LogP contribution in [-0.4, -0.2) is 38.2 Å². The molecule has 0 atom stereocenters. The van der Waals surface area contributed by atoms with Gasteiger partial charge in [0.2, 0.25) is 0 Å². The Morgan fingerprint density at radius 2 is 2.11 bits per heavy atom. The van der Waals surface area contributed by atoms with Crippen LogP contribution in [0.2, 0.25) is 5.02 Å². The van der Waals surface area contributed by atoms with Crippen molar-refractivity contribution in [3.63, 3.8) is 0 Å². The van der Waals surface area contributed by atoms with E-state index < -0.39 is 0 Å². The first-order valence-electron chi connectivity index (χ1n) is 6.27. The van der Waals surface area contributed by atoms with Crippen LogP contribution in [0.4, 0.5) is 0 Å². The largest absolute Gasteiger partial charge is 0.496 e. The van der Waals surface area contributed by atoms with E-state index in [-0.39, 0.29) is 0 Å². The molecule has 1 aromatic carbocycles.